The molecule has 1 aromatic carbocycles. The molecule has 0 aromatic heterocycles. The van der Waals surface area contributed by atoms with E-state index in [1.807, 2.05) is 25.2 Å². The molecule has 5 heteroatoms. The molecule has 1 aromatic rings. The molecular weight excluding hydrogens is 256 g/mol. The number of carbonyl (C=O) groups excluding carboxylic acids is 1. The summed E-state index contributed by atoms with van der Waals surface area (Å²) in [5, 5.41) is 3.23. The van der Waals surface area contributed by atoms with Crippen molar-refractivity contribution in [2.45, 2.75) is 26.2 Å². The summed E-state index contributed by atoms with van der Waals surface area (Å²) in [4.78, 5) is 13.7. The maximum atomic E-state index is 11.9. The SMILES string of the molecule is CCCCN(C)C(=O)CCNc1ccc2c(c1)OCO2. The van der Waals surface area contributed by atoms with E-state index in [2.05, 4.69) is 12.2 Å². The van der Waals surface area contributed by atoms with Crippen LogP contribution in [0.15, 0.2) is 18.2 Å². The molecule has 0 bridgehead atoms. The van der Waals surface area contributed by atoms with E-state index in [-0.39, 0.29) is 12.7 Å². The number of anilines is 1. The van der Waals surface area contributed by atoms with E-state index in [4.69, 9.17) is 9.47 Å². The molecule has 0 radical (unpaired) electrons. The molecule has 5 nitrogen and oxygen atoms in total. The summed E-state index contributed by atoms with van der Waals surface area (Å²) < 4.78 is 10.6. The third kappa shape index (κ3) is 3.79. The Hall–Kier alpha value is -1.91. The zero-order chi connectivity index (χ0) is 14.4. The monoisotopic (exact) mass is 278 g/mol. The minimum absolute atomic E-state index is 0.173. The smallest absolute Gasteiger partial charge is 0.231 e. The van der Waals surface area contributed by atoms with Gasteiger partial charge in [0.25, 0.3) is 0 Å². The summed E-state index contributed by atoms with van der Waals surface area (Å²) in [7, 11) is 1.86. The van der Waals surface area contributed by atoms with Crippen LogP contribution in [0.2, 0.25) is 0 Å². The van der Waals surface area contributed by atoms with Gasteiger partial charge in [0.1, 0.15) is 0 Å². The fourth-order valence-electron chi connectivity index (χ4n) is 2.03. The lowest BCUT2D eigenvalue weighted by Gasteiger charge is -2.17. The number of ether oxygens (including phenoxy) is 2. The van der Waals surface area contributed by atoms with Crippen LogP contribution in [0.1, 0.15) is 26.2 Å². The van der Waals surface area contributed by atoms with Gasteiger partial charge in [0.2, 0.25) is 12.7 Å². The van der Waals surface area contributed by atoms with E-state index in [1.54, 1.807) is 4.90 Å². The van der Waals surface area contributed by atoms with Crippen molar-refractivity contribution in [3.8, 4) is 11.5 Å². The fourth-order valence-corrected chi connectivity index (χ4v) is 2.03. The molecule has 0 fully saturated rings. The van der Waals surface area contributed by atoms with E-state index in [0.29, 0.717) is 13.0 Å². The number of fused-ring (bicyclic) bond motifs is 1. The highest BCUT2D eigenvalue weighted by Crippen LogP contribution is 2.34. The van der Waals surface area contributed by atoms with Crippen molar-refractivity contribution >= 4 is 11.6 Å². The molecule has 1 N–H and O–H groups in total. The highest BCUT2D eigenvalue weighted by Gasteiger charge is 2.13. The van der Waals surface area contributed by atoms with E-state index < -0.39 is 0 Å². The van der Waals surface area contributed by atoms with Gasteiger partial charge >= 0.3 is 0 Å². The molecule has 1 amide bonds. The number of hydrogen-bond donors (Lipinski definition) is 1. The first-order valence-electron chi connectivity index (χ1n) is 7.08. The lowest BCUT2D eigenvalue weighted by molar-refractivity contribution is -0.129. The molecular formula is C15H22N2O3. The zero-order valence-electron chi connectivity index (χ0n) is 12.1. The van der Waals surface area contributed by atoms with Gasteiger partial charge in [0, 0.05) is 38.3 Å². The summed E-state index contributed by atoms with van der Waals surface area (Å²) in [5.74, 6) is 1.69. The maximum absolute atomic E-state index is 11.9. The van der Waals surface area contributed by atoms with Gasteiger partial charge in [0.05, 0.1) is 0 Å². The van der Waals surface area contributed by atoms with Crippen molar-refractivity contribution in [1.29, 1.82) is 0 Å². The number of nitrogens with zero attached hydrogens (tertiary/aromatic N) is 1. The van der Waals surface area contributed by atoms with Crippen molar-refractivity contribution < 1.29 is 14.3 Å². The molecule has 0 aliphatic carbocycles. The van der Waals surface area contributed by atoms with Gasteiger partial charge in [-0.2, -0.15) is 0 Å². The molecule has 110 valence electrons. The van der Waals surface area contributed by atoms with Crippen LogP contribution in [-0.2, 0) is 4.79 Å². The van der Waals surface area contributed by atoms with Crippen LogP contribution in [0.3, 0.4) is 0 Å². The number of hydrogen-bond acceptors (Lipinski definition) is 4. The second-order valence-corrected chi connectivity index (χ2v) is 4.91. The first kappa shape index (κ1) is 14.5. The maximum Gasteiger partial charge on any atom is 0.231 e. The van der Waals surface area contributed by atoms with Crippen molar-refractivity contribution in [1.82, 2.24) is 4.90 Å². The minimum atomic E-state index is 0.173. The van der Waals surface area contributed by atoms with Crippen LogP contribution in [0.25, 0.3) is 0 Å². The number of amides is 1. The Kier molecular flexibility index (Phi) is 5.09. The lowest BCUT2D eigenvalue weighted by Crippen LogP contribution is -2.29. The van der Waals surface area contributed by atoms with E-state index in [1.165, 1.54) is 0 Å². The third-order valence-corrected chi connectivity index (χ3v) is 3.31. The molecule has 0 saturated heterocycles. The molecule has 0 unspecified atom stereocenters. The Labute approximate surface area is 119 Å². The molecule has 2 rings (SSSR count). The quantitative estimate of drug-likeness (QED) is 0.832. The third-order valence-electron chi connectivity index (χ3n) is 3.31. The summed E-state index contributed by atoms with van der Waals surface area (Å²) in [6.07, 6.45) is 2.65. The second-order valence-electron chi connectivity index (χ2n) is 4.91. The van der Waals surface area contributed by atoms with Crippen molar-refractivity contribution in [2.24, 2.45) is 0 Å². The van der Waals surface area contributed by atoms with Crippen LogP contribution in [0.4, 0.5) is 5.69 Å². The summed E-state index contributed by atoms with van der Waals surface area (Å²) >= 11 is 0. The highest BCUT2D eigenvalue weighted by atomic mass is 16.7. The average Bonchev–Trinajstić information content (AvgIpc) is 2.92. The Balaban J connectivity index is 1.74. The van der Waals surface area contributed by atoms with Crippen LogP contribution < -0.4 is 14.8 Å². The fraction of sp³-hybridized carbons (Fsp3) is 0.533. The topological polar surface area (TPSA) is 50.8 Å². The number of benzene rings is 1. The van der Waals surface area contributed by atoms with Crippen LogP contribution in [0.5, 0.6) is 11.5 Å². The predicted molar refractivity (Wildman–Crippen MR) is 78.2 cm³/mol. The minimum Gasteiger partial charge on any atom is -0.454 e. The number of nitrogens with one attached hydrogen (secondary N) is 1. The molecule has 0 saturated carbocycles. The molecule has 0 atom stereocenters. The number of unbranched alkanes of at least 4 members (excludes halogenated alkanes) is 1. The molecule has 0 spiro atoms. The van der Waals surface area contributed by atoms with Gasteiger partial charge in [-0.25, -0.2) is 0 Å². The van der Waals surface area contributed by atoms with Gasteiger partial charge in [-0.05, 0) is 18.6 Å². The van der Waals surface area contributed by atoms with Crippen LogP contribution >= 0.6 is 0 Å². The van der Waals surface area contributed by atoms with Gasteiger partial charge in [0.15, 0.2) is 11.5 Å². The standard InChI is InChI=1S/C15H22N2O3/c1-3-4-9-17(2)15(18)7-8-16-12-5-6-13-14(10-12)20-11-19-13/h5-6,10,16H,3-4,7-9,11H2,1-2H3. The molecule has 1 aliphatic rings. The summed E-state index contributed by atoms with van der Waals surface area (Å²) in [5.41, 5.74) is 0.943. The Morgan fingerprint density at radius 3 is 2.95 bits per heavy atom. The van der Waals surface area contributed by atoms with E-state index >= 15 is 0 Å². The first-order chi connectivity index (χ1) is 9.70. The summed E-state index contributed by atoms with van der Waals surface area (Å²) in [6, 6.07) is 5.70. The summed E-state index contributed by atoms with van der Waals surface area (Å²) in [6.45, 7) is 3.85. The van der Waals surface area contributed by atoms with Gasteiger partial charge in [-0.3, -0.25) is 4.79 Å². The Bertz CT molecular complexity index is 462. The van der Waals surface area contributed by atoms with Gasteiger partial charge in [-0.1, -0.05) is 13.3 Å². The van der Waals surface area contributed by atoms with Gasteiger partial charge in [-0.15, -0.1) is 0 Å². The molecule has 1 aliphatic heterocycles. The molecule has 1 heterocycles. The first-order valence-corrected chi connectivity index (χ1v) is 7.08. The van der Waals surface area contributed by atoms with Crippen molar-refractivity contribution in [3.63, 3.8) is 0 Å². The number of rotatable bonds is 7. The molecule has 20 heavy (non-hydrogen) atoms. The van der Waals surface area contributed by atoms with Crippen molar-refractivity contribution in [2.75, 3.05) is 32.2 Å². The van der Waals surface area contributed by atoms with E-state index in [9.17, 15) is 4.79 Å². The van der Waals surface area contributed by atoms with Crippen LogP contribution in [0, 0.1) is 0 Å². The van der Waals surface area contributed by atoms with Gasteiger partial charge < -0.3 is 19.7 Å². The zero-order valence-corrected chi connectivity index (χ0v) is 12.1. The van der Waals surface area contributed by atoms with E-state index in [0.717, 1.165) is 36.6 Å². The number of carbonyl (C=O) groups is 1. The van der Waals surface area contributed by atoms with Crippen molar-refractivity contribution in [3.05, 3.63) is 18.2 Å². The average molecular weight is 278 g/mol. The Morgan fingerprint density at radius 2 is 2.15 bits per heavy atom. The Morgan fingerprint density at radius 1 is 1.35 bits per heavy atom. The normalized spacial score (nSPS) is 12.3. The van der Waals surface area contributed by atoms with Crippen LogP contribution in [-0.4, -0.2) is 37.7 Å². The largest absolute Gasteiger partial charge is 0.454 e. The predicted octanol–water partition coefficient (Wildman–Crippen LogP) is 2.48. The highest BCUT2D eigenvalue weighted by molar-refractivity contribution is 5.76. The second kappa shape index (κ2) is 7.03. The lowest BCUT2D eigenvalue weighted by atomic mass is 10.2.